The highest BCUT2D eigenvalue weighted by atomic mass is 35.5. The van der Waals surface area contributed by atoms with E-state index in [4.69, 9.17) is 35.8 Å². The molecule has 7 nitrogen and oxygen atoms in total. The standard InChI is InChI=1S/C26H31ClN4O3Si/c1-32-19-10-8-9-18(15-19)24-23-20(27)16-31(17-34-13-14-35(3,4)5)25(23)30-26(29-24)28-21-11-6-7-12-22(21)33-2/h6-12,15-16H,13-14,17H2,1-5H3,(H,28,29,30). The Balaban J connectivity index is 1.79. The van der Waals surface area contributed by atoms with E-state index < -0.39 is 8.07 Å². The second kappa shape index (κ2) is 10.7. The first-order valence-corrected chi connectivity index (χ1v) is 15.6. The zero-order chi connectivity index (χ0) is 25.0. The third-order valence-electron chi connectivity index (χ3n) is 5.59. The van der Waals surface area contributed by atoms with Crippen molar-refractivity contribution in [2.24, 2.45) is 0 Å². The number of halogens is 1. The van der Waals surface area contributed by atoms with Gasteiger partial charge in [0.05, 0.1) is 36.0 Å². The molecule has 2 aromatic heterocycles. The van der Waals surface area contributed by atoms with Gasteiger partial charge in [-0.25, -0.2) is 4.98 Å². The van der Waals surface area contributed by atoms with E-state index in [0.29, 0.717) is 41.4 Å². The number of nitrogens with one attached hydrogen (secondary N) is 1. The number of aromatic nitrogens is 3. The minimum absolute atomic E-state index is 0.358. The zero-order valence-electron chi connectivity index (χ0n) is 20.8. The van der Waals surface area contributed by atoms with E-state index in [2.05, 4.69) is 25.0 Å². The average Bonchev–Trinajstić information content (AvgIpc) is 3.16. The van der Waals surface area contributed by atoms with Crippen LogP contribution in [0.4, 0.5) is 11.6 Å². The summed E-state index contributed by atoms with van der Waals surface area (Å²) in [6, 6.07) is 16.5. The van der Waals surface area contributed by atoms with Crippen molar-refractivity contribution in [3.05, 3.63) is 59.8 Å². The number of hydrogen-bond donors (Lipinski definition) is 1. The maximum Gasteiger partial charge on any atom is 0.229 e. The fourth-order valence-electron chi connectivity index (χ4n) is 3.68. The number of anilines is 2. The molecule has 2 heterocycles. The van der Waals surface area contributed by atoms with E-state index in [1.807, 2.05) is 59.3 Å². The van der Waals surface area contributed by atoms with Gasteiger partial charge in [-0.3, -0.25) is 0 Å². The zero-order valence-corrected chi connectivity index (χ0v) is 22.5. The third kappa shape index (κ3) is 5.95. The van der Waals surface area contributed by atoms with Crippen LogP contribution in [-0.2, 0) is 11.5 Å². The molecule has 0 unspecified atom stereocenters. The van der Waals surface area contributed by atoms with Crippen molar-refractivity contribution in [1.82, 2.24) is 14.5 Å². The molecule has 2 aromatic carbocycles. The predicted molar refractivity (Wildman–Crippen MR) is 145 cm³/mol. The smallest absolute Gasteiger partial charge is 0.229 e. The van der Waals surface area contributed by atoms with E-state index in [1.54, 1.807) is 14.2 Å². The molecule has 0 spiro atoms. The summed E-state index contributed by atoms with van der Waals surface area (Å²) in [6.07, 6.45) is 1.85. The second-order valence-corrected chi connectivity index (χ2v) is 15.5. The first kappa shape index (κ1) is 25.0. The van der Waals surface area contributed by atoms with Crippen molar-refractivity contribution in [2.75, 3.05) is 26.1 Å². The number of methoxy groups -OCH3 is 2. The minimum atomic E-state index is -1.19. The third-order valence-corrected chi connectivity index (χ3v) is 7.58. The van der Waals surface area contributed by atoms with Crippen molar-refractivity contribution in [1.29, 1.82) is 0 Å². The van der Waals surface area contributed by atoms with Gasteiger partial charge in [-0.1, -0.05) is 55.5 Å². The Morgan fingerprint density at radius 3 is 2.54 bits per heavy atom. The van der Waals surface area contributed by atoms with Crippen LogP contribution in [0.5, 0.6) is 11.5 Å². The summed E-state index contributed by atoms with van der Waals surface area (Å²) in [7, 11) is 2.09. The molecule has 0 atom stereocenters. The SMILES string of the molecule is COc1cccc(-c2nc(Nc3ccccc3OC)nc3c2c(Cl)cn3COCC[Si](C)(C)C)c1. The summed E-state index contributed by atoms with van der Waals surface area (Å²) < 4.78 is 18.9. The summed E-state index contributed by atoms with van der Waals surface area (Å²) in [6.45, 7) is 8.06. The summed E-state index contributed by atoms with van der Waals surface area (Å²) in [5.41, 5.74) is 3.03. The van der Waals surface area contributed by atoms with Crippen LogP contribution in [0.1, 0.15) is 0 Å². The Morgan fingerprint density at radius 1 is 1.00 bits per heavy atom. The fourth-order valence-corrected chi connectivity index (χ4v) is 4.73. The largest absolute Gasteiger partial charge is 0.497 e. The van der Waals surface area contributed by atoms with Crippen molar-refractivity contribution in [3.63, 3.8) is 0 Å². The van der Waals surface area contributed by atoms with Gasteiger partial charge in [-0.05, 0) is 30.3 Å². The van der Waals surface area contributed by atoms with Crippen LogP contribution in [0.3, 0.4) is 0 Å². The maximum absolute atomic E-state index is 6.73. The quantitative estimate of drug-likeness (QED) is 0.186. The van der Waals surface area contributed by atoms with Crippen LogP contribution in [0, 0.1) is 0 Å². The molecule has 1 N–H and O–H groups in total. The van der Waals surface area contributed by atoms with Gasteiger partial charge in [0.15, 0.2) is 0 Å². The van der Waals surface area contributed by atoms with Gasteiger partial charge in [0.1, 0.15) is 23.9 Å². The van der Waals surface area contributed by atoms with Crippen molar-refractivity contribution in [2.45, 2.75) is 32.4 Å². The monoisotopic (exact) mass is 510 g/mol. The van der Waals surface area contributed by atoms with Crippen LogP contribution in [0.25, 0.3) is 22.3 Å². The van der Waals surface area contributed by atoms with Gasteiger partial charge >= 0.3 is 0 Å². The molecule has 184 valence electrons. The second-order valence-electron chi connectivity index (χ2n) is 9.45. The highest BCUT2D eigenvalue weighted by Crippen LogP contribution is 2.36. The van der Waals surface area contributed by atoms with Gasteiger partial charge < -0.3 is 24.1 Å². The number of hydrogen-bond acceptors (Lipinski definition) is 6. The Bertz CT molecular complexity index is 1320. The van der Waals surface area contributed by atoms with Crippen molar-refractivity contribution < 1.29 is 14.2 Å². The van der Waals surface area contributed by atoms with E-state index in [9.17, 15) is 0 Å². The number of nitrogens with zero attached hydrogens (tertiary/aromatic N) is 3. The molecule has 0 radical (unpaired) electrons. The van der Waals surface area contributed by atoms with E-state index in [0.717, 1.165) is 28.4 Å². The van der Waals surface area contributed by atoms with Gasteiger partial charge in [0, 0.05) is 26.4 Å². The lowest BCUT2D eigenvalue weighted by molar-refractivity contribution is 0.0899. The molecule has 4 aromatic rings. The van der Waals surface area contributed by atoms with Gasteiger partial charge in [-0.2, -0.15) is 4.98 Å². The lowest BCUT2D eigenvalue weighted by atomic mass is 10.1. The molecule has 0 bridgehead atoms. The summed E-state index contributed by atoms with van der Waals surface area (Å²) in [5.74, 6) is 1.86. The fraction of sp³-hybridized carbons (Fsp3) is 0.308. The van der Waals surface area contributed by atoms with Crippen molar-refractivity contribution in [3.8, 4) is 22.8 Å². The van der Waals surface area contributed by atoms with Crippen LogP contribution >= 0.6 is 11.6 Å². The van der Waals surface area contributed by atoms with E-state index in [-0.39, 0.29) is 0 Å². The number of fused-ring (bicyclic) bond motifs is 1. The first-order valence-electron chi connectivity index (χ1n) is 11.5. The van der Waals surface area contributed by atoms with Crippen molar-refractivity contribution >= 4 is 42.3 Å². The van der Waals surface area contributed by atoms with Gasteiger partial charge in [-0.15, -0.1) is 0 Å². The normalized spacial score (nSPS) is 11.6. The van der Waals surface area contributed by atoms with Gasteiger partial charge in [0.25, 0.3) is 0 Å². The number of para-hydroxylation sites is 2. The highest BCUT2D eigenvalue weighted by molar-refractivity contribution is 6.76. The molecular formula is C26H31ClN4O3Si. The lowest BCUT2D eigenvalue weighted by Crippen LogP contribution is -2.22. The molecule has 4 rings (SSSR count). The summed E-state index contributed by atoms with van der Waals surface area (Å²) in [4.78, 5) is 9.67. The Kier molecular flexibility index (Phi) is 7.64. The molecule has 35 heavy (non-hydrogen) atoms. The minimum Gasteiger partial charge on any atom is -0.497 e. The maximum atomic E-state index is 6.73. The topological polar surface area (TPSA) is 70.4 Å². The molecule has 0 saturated heterocycles. The lowest BCUT2D eigenvalue weighted by Gasteiger charge is -2.16. The molecule has 0 saturated carbocycles. The predicted octanol–water partition coefficient (Wildman–Crippen LogP) is 6.82. The molecule has 0 aliphatic rings. The Morgan fingerprint density at radius 2 is 1.80 bits per heavy atom. The summed E-state index contributed by atoms with van der Waals surface area (Å²) >= 11 is 6.73. The molecular weight excluding hydrogens is 480 g/mol. The first-order chi connectivity index (χ1) is 16.8. The molecule has 0 aliphatic heterocycles. The van der Waals surface area contributed by atoms with Crippen LogP contribution in [-0.4, -0.2) is 43.4 Å². The van der Waals surface area contributed by atoms with Crippen LogP contribution in [0.15, 0.2) is 54.7 Å². The van der Waals surface area contributed by atoms with Crippen LogP contribution < -0.4 is 14.8 Å². The van der Waals surface area contributed by atoms with Gasteiger partial charge in [0.2, 0.25) is 5.95 Å². The molecule has 0 aliphatic carbocycles. The summed E-state index contributed by atoms with van der Waals surface area (Å²) in [5, 5.41) is 4.64. The molecule has 0 fully saturated rings. The molecule has 0 amide bonds. The average molecular weight is 511 g/mol. The Labute approximate surface area is 212 Å². The number of benzene rings is 2. The number of rotatable bonds is 10. The van der Waals surface area contributed by atoms with Crippen LogP contribution in [0.2, 0.25) is 30.7 Å². The molecule has 9 heteroatoms. The van der Waals surface area contributed by atoms with E-state index >= 15 is 0 Å². The Hall–Kier alpha value is -3.07. The highest BCUT2D eigenvalue weighted by Gasteiger charge is 2.19. The number of ether oxygens (including phenoxy) is 3. The van der Waals surface area contributed by atoms with E-state index in [1.165, 1.54) is 0 Å².